The first-order valence-electron chi connectivity index (χ1n) is 6.33. The molecule has 5 nitrogen and oxygen atoms in total. The predicted octanol–water partition coefficient (Wildman–Crippen LogP) is 3.03. The van der Waals surface area contributed by atoms with Crippen LogP contribution in [0.25, 0.3) is 0 Å². The van der Waals surface area contributed by atoms with Crippen molar-refractivity contribution in [2.24, 2.45) is 0 Å². The number of carboxylic acids is 1. The molecule has 6 heteroatoms. The van der Waals surface area contributed by atoms with E-state index in [0.29, 0.717) is 22.7 Å². The monoisotopic (exact) mass is 305 g/mol. The highest BCUT2D eigenvalue weighted by atomic mass is 32.1. The zero-order valence-corrected chi connectivity index (χ0v) is 12.3. The van der Waals surface area contributed by atoms with Crippen LogP contribution in [0.3, 0.4) is 0 Å². The minimum Gasteiger partial charge on any atom is -0.495 e. The van der Waals surface area contributed by atoms with Crippen molar-refractivity contribution < 1.29 is 19.4 Å². The Morgan fingerprint density at radius 3 is 2.57 bits per heavy atom. The number of carboxylic acid groups (broad SMARTS) is 1. The van der Waals surface area contributed by atoms with Crippen molar-refractivity contribution >= 4 is 28.9 Å². The topological polar surface area (TPSA) is 75.6 Å². The van der Waals surface area contributed by atoms with E-state index in [2.05, 4.69) is 5.32 Å². The van der Waals surface area contributed by atoms with Gasteiger partial charge in [0.05, 0.1) is 7.11 Å². The second-order valence-corrected chi connectivity index (χ2v) is 5.28. The molecule has 2 N–H and O–H groups in total. The molecular weight excluding hydrogens is 290 g/mol. The first-order chi connectivity index (χ1) is 10.1. The molecular formula is C15H15NO4S. The van der Waals surface area contributed by atoms with Crippen LogP contribution >= 0.6 is 11.3 Å². The lowest BCUT2D eigenvalue weighted by Gasteiger charge is -2.06. The third-order valence-electron chi connectivity index (χ3n) is 2.89. The van der Waals surface area contributed by atoms with Crippen molar-refractivity contribution in [1.29, 1.82) is 0 Å². The maximum Gasteiger partial charge on any atom is 0.303 e. The number of ether oxygens (including phenoxy) is 1. The molecule has 1 aromatic heterocycles. The van der Waals surface area contributed by atoms with Crippen molar-refractivity contribution in [1.82, 2.24) is 0 Å². The van der Waals surface area contributed by atoms with Crippen molar-refractivity contribution in [2.45, 2.75) is 12.8 Å². The van der Waals surface area contributed by atoms with Gasteiger partial charge in [-0.15, -0.1) is 11.3 Å². The van der Waals surface area contributed by atoms with Gasteiger partial charge in [-0.25, -0.2) is 0 Å². The SMILES string of the molecule is COc1ccsc1C(=O)Nc1ccc(CCC(=O)O)cc1. The van der Waals surface area contributed by atoms with Crippen molar-refractivity contribution in [3.05, 3.63) is 46.2 Å². The van der Waals surface area contributed by atoms with E-state index >= 15 is 0 Å². The standard InChI is InChI=1S/C15H15NO4S/c1-20-12-8-9-21-14(12)15(19)16-11-5-2-10(3-6-11)4-7-13(17)18/h2-3,5-6,8-9H,4,7H2,1H3,(H,16,19)(H,17,18). The Hall–Kier alpha value is -2.34. The van der Waals surface area contributed by atoms with E-state index < -0.39 is 5.97 Å². The van der Waals surface area contributed by atoms with E-state index in [4.69, 9.17) is 9.84 Å². The number of methoxy groups -OCH3 is 1. The lowest BCUT2D eigenvalue weighted by atomic mass is 10.1. The first-order valence-corrected chi connectivity index (χ1v) is 7.21. The number of thiophene rings is 1. The van der Waals surface area contributed by atoms with Gasteiger partial charge in [0.2, 0.25) is 0 Å². The number of carbonyl (C=O) groups is 2. The van der Waals surface area contributed by atoms with Crippen LogP contribution in [0.1, 0.15) is 21.7 Å². The van der Waals surface area contributed by atoms with Crippen LogP contribution in [0.5, 0.6) is 5.75 Å². The summed E-state index contributed by atoms with van der Waals surface area (Å²) in [5.74, 6) is -0.493. The van der Waals surface area contributed by atoms with Crippen molar-refractivity contribution in [3.8, 4) is 5.75 Å². The van der Waals surface area contributed by atoms with E-state index in [0.717, 1.165) is 5.56 Å². The number of aryl methyl sites for hydroxylation is 1. The van der Waals surface area contributed by atoms with Crippen LogP contribution in [-0.4, -0.2) is 24.1 Å². The Morgan fingerprint density at radius 1 is 1.24 bits per heavy atom. The van der Waals surface area contributed by atoms with Gasteiger partial charge in [-0.1, -0.05) is 12.1 Å². The molecule has 21 heavy (non-hydrogen) atoms. The molecule has 1 aromatic carbocycles. The van der Waals surface area contributed by atoms with Gasteiger partial charge in [0, 0.05) is 12.1 Å². The number of aliphatic carboxylic acids is 1. The first kappa shape index (κ1) is 15.1. The summed E-state index contributed by atoms with van der Waals surface area (Å²) in [5, 5.41) is 13.2. The Morgan fingerprint density at radius 2 is 1.95 bits per heavy atom. The average molecular weight is 305 g/mol. The highest BCUT2D eigenvalue weighted by Gasteiger charge is 2.13. The molecule has 0 aliphatic carbocycles. The lowest BCUT2D eigenvalue weighted by molar-refractivity contribution is -0.136. The molecule has 0 radical (unpaired) electrons. The van der Waals surface area contributed by atoms with Crippen LogP contribution in [-0.2, 0) is 11.2 Å². The molecule has 0 aliphatic heterocycles. The normalized spacial score (nSPS) is 10.1. The fourth-order valence-electron chi connectivity index (χ4n) is 1.82. The Labute approximate surface area is 126 Å². The molecule has 1 heterocycles. The molecule has 2 aromatic rings. The maximum atomic E-state index is 12.1. The predicted molar refractivity (Wildman–Crippen MR) is 81.2 cm³/mol. The number of hydrogen-bond donors (Lipinski definition) is 2. The average Bonchev–Trinajstić information content (AvgIpc) is 2.95. The van der Waals surface area contributed by atoms with E-state index in [1.54, 1.807) is 23.6 Å². The van der Waals surface area contributed by atoms with Crippen LogP contribution in [0.4, 0.5) is 5.69 Å². The molecule has 0 atom stereocenters. The molecule has 0 bridgehead atoms. The summed E-state index contributed by atoms with van der Waals surface area (Å²) in [4.78, 5) is 23.1. The third kappa shape index (κ3) is 4.06. The third-order valence-corrected chi connectivity index (χ3v) is 3.79. The molecule has 2 rings (SSSR count). The highest BCUT2D eigenvalue weighted by Crippen LogP contribution is 2.25. The number of rotatable bonds is 6. The maximum absolute atomic E-state index is 12.1. The van der Waals surface area contributed by atoms with Crippen LogP contribution in [0.15, 0.2) is 35.7 Å². The number of anilines is 1. The van der Waals surface area contributed by atoms with Crippen molar-refractivity contribution in [3.63, 3.8) is 0 Å². The summed E-state index contributed by atoms with van der Waals surface area (Å²) in [6.45, 7) is 0. The summed E-state index contributed by atoms with van der Waals surface area (Å²) >= 11 is 1.31. The summed E-state index contributed by atoms with van der Waals surface area (Å²) in [6, 6.07) is 8.88. The van der Waals surface area contributed by atoms with Gasteiger partial charge in [0.1, 0.15) is 10.6 Å². The molecule has 0 spiro atoms. The minimum atomic E-state index is -0.822. The zero-order valence-electron chi connectivity index (χ0n) is 11.5. The van der Waals surface area contributed by atoms with Gasteiger partial charge in [-0.3, -0.25) is 9.59 Å². The molecule has 0 unspecified atom stereocenters. The van der Waals surface area contributed by atoms with Gasteiger partial charge in [0.15, 0.2) is 0 Å². The van der Waals surface area contributed by atoms with E-state index in [-0.39, 0.29) is 12.3 Å². The van der Waals surface area contributed by atoms with Crippen LogP contribution in [0, 0.1) is 0 Å². The van der Waals surface area contributed by atoms with Gasteiger partial charge >= 0.3 is 5.97 Å². The lowest BCUT2D eigenvalue weighted by Crippen LogP contribution is -2.11. The van der Waals surface area contributed by atoms with Gasteiger partial charge in [-0.05, 0) is 35.6 Å². The van der Waals surface area contributed by atoms with Gasteiger partial charge in [-0.2, -0.15) is 0 Å². The van der Waals surface area contributed by atoms with Gasteiger partial charge in [0.25, 0.3) is 5.91 Å². The van der Waals surface area contributed by atoms with E-state index in [9.17, 15) is 9.59 Å². The Bertz CT molecular complexity index is 633. The molecule has 110 valence electrons. The quantitative estimate of drug-likeness (QED) is 0.860. The molecule has 0 fully saturated rings. The number of nitrogens with one attached hydrogen (secondary N) is 1. The summed E-state index contributed by atoms with van der Waals surface area (Å²) in [6.07, 6.45) is 0.570. The molecule has 1 amide bonds. The molecule has 0 saturated carbocycles. The fraction of sp³-hybridized carbons (Fsp3) is 0.200. The second-order valence-electron chi connectivity index (χ2n) is 4.36. The Balaban J connectivity index is 2.00. The second kappa shape index (κ2) is 6.90. The number of carbonyl (C=O) groups excluding carboxylic acids is 1. The number of benzene rings is 1. The van der Waals surface area contributed by atoms with Crippen LogP contribution < -0.4 is 10.1 Å². The number of amides is 1. The summed E-state index contributed by atoms with van der Waals surface area (Å²) in [7, 11) is 1.52. The minimum absolute atomic E-state index is 0.0953. The van der Waals surface area contributed by atoms with E-state index in [1.165, 1.54) is 18.4 Å². The highest BCUT2D eigenvalue weighted by molar-refractivity contribution is 7.12. The summed E-state index contributed by atoms with van der Waals surface area (Å²) in [5.41, 5.74) is 1.58. The molecule has 0 saturated heterocycles. The zero-order chi connectivity index (χ0) is 15.2. The smallest absolute Gasteiger partial charge is 0.303 e. The largest absolute Gasteiger partial charge is 0.495 e. The molecule has 0 aliphatic rings. The Kier molecular flexibility index (Phi) is 4.94. The fourth-order valence-corrected chi connectivity index (χ4v) is 2.57. The number of hydrogen-bond acceptors (Lipinski definition) is 4. The van der Waals surface area contributed by atoms with Crippen molar-refractivity contribution in [2.75, 3.05) is 12.4 Å². The van der Waals surface area contributed by atoms with E-state index in [1.807, 2.05) is 12.1 Å². The summed E-state index contributed by atoms with van der Waals surface area (Å²) < 4.78 is 5.11. The van der Waals surface area contributed by atoms with Crippen LogP contribution in [0.2, 0.25) is 0 Å². The van der Waals surface area contributed by atoms with Gasteiger partial charge < -0.3 is 15.2 Å².